The zero-order chi connectivity index (χ0) is 13.8. The average molecular weight is 260 g/mol. The number of carbonyl (C=O) groups excluding carboxylic acids is 1. The van der Waals surface area contributed by atoms with E-state index in [2.05, 4.69) is 0 Å². The highest BCUT2D eigenvalue weighted by Gasteiger charge is 2.34. The van der Waals surface area contributed by atoms with Gasteiger partial charge in [0, 0.05) is 19.2 Å². The molecule has 1 aliphatic heterocycles. The van der Waals surface area contributed by atoms with Gasteiger partial charge in [0.05, 0.1) is 19.3 Å². The quantitative estimate of drug-likeness (QED) is 0.764. The molecule has 18 heavy (non-hydrogen) atoms. The second-order valence-electron chi connectivity index (χ2n) is 5.49. The molecule has 2 atom stereocenters. The molecular formula is C12H24N2O4. The van der Waals surface area contributed by atoms with Crippen LogP contribution in [0.2, 0.25) is 0 Å². The van der Waals surface area contributed by atoms with Gasteiger partial charge in [0.1, 0.15) is 5.60 Å². The van der Waals surface area contributed by atoms with E-state index in [1.165, 1.54) is 0 Å². The molecule has 6 heteroatoms. The molecule has 0 aliphatic carbocycles. The highest BCUT2D eigenvalue weighted by Crippen LogP contribution is 2.17. The van der Waals surface area contributed by atoms with Crippen molar-refractivity contribution >= 4 is 6.09 Å². The maximum absolute atomic E-state index is 12.1. The number of aliphatic hydroxyl groups excluding tert-OH is 1. The van der Waals surface area contributed by atoms with Crippen LogP contribution in [-0.2, 0) is 9.47 Å². The fraction of sp³-hybridized carbons (Fsp3) is 0.917. The number of carbonyl (C=O) groups is 1. The molecule has 0 saturated carbocycles. The predicted octanol–water partition coefficient (Wildman–Crippen LogP) is 0.332. The van der Waals surface area contributed by atoms with E-state index in [0.29, 0.717) is 26.2 Å². The summed E-state index contributed by atoms with van der Waals surface area (Å²) >= 11 is 0. The van der Waals surface area contributed by atoms with E-state index in [1.807, 2.05) is 20.8 Å². The van der Waals surface area contributed by atoms with Crippen molar-refractivity contribution in [1.82, 2.24) is 4.90 Å². The van der Waals surface area contributed by atoms with Crippen LogP contribution >= 0.6 is 0 Å². The monoisotopic (exact) mass is 260 g/mol. The van der Waals surface area contributed by atoms with E-state index in [0.717, 1.165) is 0 Å². The Labute approximate surface area is 108 Å². The lowest BCUT2D eigenvalue weighted by atomic mass is 10.0. The summed E-state index contributed by atoms with van der Waals surface area (Å²) in [7, 11) is 0. The number of hydrogen-bond donors (Lipinski definition) is 2. The lowest BCUT2D eigenvalue weighted by Gasteiger charge is -2.39. The lowest BCUT2D eigenvalue weighted by molar-refractivity contribution is -0.0394. The summed E-state index contributed by atoms with van der Waals surface area (Å²) in [6, 6.07) is -0.538. The zero-order valence-electron chi connectivity index (χ0n) is 11.4. The van der Waals surface area contributed by atoms with E-state index in [-0.39, 0.29) is 24.8 Å². The molecule has 6 nitrogen and oxygen atoms in total. The topological polar surface area (TPSA) is 85.0 Å². The second-order valence-corrected chi connectivity index (χ2v) is 5.49. The molecule has 1 saturated heterocycles. The fourth-order valence-corrected chi connectivity index (χ4v) is 1.87. The summed E-state index contributed by atoms with van der Waals surface area (Å²) in [6.07, 6.45) is 0.0667. The third-order valence-electron chi connectivity index (χ3n) is 2.75. The number of hydrogen-bond acceptors (Lipinski definition) is 5. The molecule has 0 aromatic carbocycles. The number of morpholine rings is 1. The third kappa shape index (κ3) is 4.44. The number of rotatable bonds is 3. The van der Waals surface area contributed by atoms with Crippen molar-refractivity contribution in [2.75, 3.05) is 26.4 Å². The Morgan fingerprint density at radius 2 is 2.28 bits per heavy atom. The first-order valence-electron chi connectivity index (χ1n) is 6.29. The maximum Gasteiger partial charge on any atom is 0.410 e. The van der Waals surface area contributed by atoms with Gasteiger partial charge in [0.2, 0.25) is 0 Å². The van der Waals surface area contributed by atoms with Crippen molar-refractivity contribution in [2.24, 2.45) is 5.73 Å². The van der Waals surface area contributed by atoms with Crippen LogP contribution in [0.25, 0.3) is 0 Å². The molecule has 0 aromatic heterocycles. The number of ether oxygens (including phenoxy) is 2. The summed E-state index contributed by atoms with van der Waals surface area (Å²) in [5.74, 6) is 0. The smallest absolute Gasteiger partial charge is 0.410 e. The van der Waals surface area contributed by atoms with Crippen molar-refractivity contribution in [3.05, 3.63) is 0 Å². The van der Waals surface area contributed by atoms with Crippen LogP contribution < -0.4 is 5.73 Å². The largest absolute Gasteiger partial charge is 0.444 e. The first-order chi connectivity index (χ1) is 8.35. The van der Waals surface area contributed by atoms with Crippen LogP contribution in [0.4, 0.5) is 4.79 Å². The van der Waals surface area contributed by atoms with Gasteiger partial charge in [0.15, 0.2) is 0 Å². The highest BCUT2D eigenvalue weighted by molar-refractivity contribution is 5.68. The van der Waals surface area contributed by atoms with Gasteiger partial charge >= 0.3 is 6.09 Å². The average Bonchev–Trinajstić information content (AvgIpc) is 2.27. The van der Waals surface area contributed by atoms with Gasteiger partial charge in [0.25, 0.3) is 0 Å². The molecule has 1 aliphatic rings. The zero-order valence-corrected chi connectivity index (χ0v) is 11.4. The Morgan fingerprint density at radius 1 is 1.61 bits per heavy atom. The van der Waals surface area contributed by atoms with Crippen LogP contribution in [-0.4, -0.2) is 60.1 Å². The van der Waals surface area contributed by atoms with E-state index in [1.54, 1.807) is 4.90 Å². The lowest BCUT2D eigenvalue weighted by Crippen LogP contribution is -2.57. The van der Waals surface area contributed by atoms with Gasteiger partial charge in [-0.3, -0.25) is 4.90 Å². The maximum atomic E-state index is 12.1. The first-order valence-corrected chi connectivity index (χ1v) is 6.29. The second kappa shape index (κ2) is 6.36. The minimum atomic E-state index is -0.527. The molecule has 1 rings (SSSR count). The molecular weight excluding hydrogens is 236 g/mol. The minimum absolute atomic E-state index is 0.000173. The minimum Gasteiger partial charge on any atom is -0.444 e. The molecule has 0 bridgehead atoms. The summed E-state index contributed by atoms with van der Waals surface area (Å²) in [5, 5.41) is 8.92. The first kappa shape index (κ1) is 15.2. The Bertz CT molecular complexity index is 278. The number of nitrogens with zero attached hydrogens (tertiary/aromatic N) is 1. The Morgan fingerprint density at radius 3 is 2.83 bits per heavy atom. The van der Waals surface area contributed by atoms with Crippen molar-refractivity contribution in [1.29, 1.82) is 0 Å². The molecule has 106 valence electrons. The fourth-order valence-electron chi connectivity index (χ4n) is 1.87. The molecule has 1 fully saturated rings. The van der Waals surface area contributed by atoms with Crippen molar-refractivity contribution in [3.63, 3.8) is 0 Å². The predicted molar refractivity (Wildman–Crippen MR) is 67.2 cm³/mol. The normalized spacial score (nSPS) is 22.7. The highest BCUT2D eigenvalue weighted by atomic mass is 16.6. The molecule has 0 radical (unpaired) electrons. The van der Waals surface area contributed by atoms with Crippen LogP contribution in [0.1, 0.15) is 27.2 Å². The SMILES string of the molecule is CC(C)(C)OC(=O)N1CCOCC1C(N)CCO. The van der Waals surface area contributed by atoms with Gasteiger partial charge in [-0.2, -0.15) is 0 Å². The Hall–Kier alpha value is -0.850. The summed E-state index contributed by atoms with van der Waals surface area (Å²) in [4.78, 5) is 13.7. The van der Waals surface area contributed by atoms with Crippen LogP contribution in [0, 0.1) is 0 Å². The Kier molecular flexibility index (Phi) is 5.37. The molecule has 1 amide bonds. The van der Waals surface area contributed by atoms with Crippen molar-refractivity contribution < 1.29 is 19.4 Å². The molecule has 1 heterocycles. The van der Waals surface area contributed by atoms with Crippen LogP contribution in [0.15, 0.2) is 0 Å². The van der Waals surface area contributed by atoms with Gasteiger partial charge in [-0.15, -0.1) is 0 Å². The summed E-state index contributed by atoms with van der Waals surface area (Å²) in [6.45, 7) is 6.83. The Balaban J connectivity index is 2.67. The third-order valence-corrected chi connectivity index (χ3v) is 2.75. The number of amides is 1. The molecule has 2 unspecified atom stereocenters. The molecule has 0 spiro atoms. The van der Waals surface area contributed by atoms with E-state index >= 15 is 0 Å². The van der Waals surface area contributed by atoms with Crippen molar-refractivity contribution in [2.45, 2.75) is 44.9 Å². The van der Waals surface area contributed by atoms with Gasteiger partial charge in [-0.1, -0.05) is 0 Å². The van der Waals surface area contributed by atoms with Gasteiger partial charge in [-0.25, -0.2) is 4.79 Å². The van der Waals surface area contributed by atoms with Gasteiger partial charge in [-0.05, 0) is 27.2 Å². The number of aliphatic hydroxyl groups is 1. The van der Waals surface area contributed by atoms with E-state index in [4.69, 9.17) is 20.3 Å². The molecule has 3 N–H and O–H groups in total. The van der Waals surface area contributed by atoms with Gasteiger partial charge < -0.3 is 20.3 Å². The summed E-state index contributed by atoms with van der Waals surface area (Å²) < 4.78 is 10.7. The van der Waals surface area contributed by atoms with Crippen LogP contribution in [0.5, 0.6) is 0 Å². The summed E-state index contributed by atoms with van der Waals surface area (Å²) in [5.41, 5.74) is 5.43. The van der Waals surface area contributed by atoms with Crippen LogP contribution in [0.3, 0.4) is 0 Å². The standard InChI is InChI=1S/C12H24N2O4/c1-12(2,3)18-11(16)14-5-7-17-8-10(14)9(13)4-6-15/h9-10,15H,4-8,13H2,1-3H3. The molecule has 0 aromatic rings. The van der Waals surface area contributed by atoms with E-state index in [9.17, 15) is 4.79 Å². The number of nitrogens with two attached hydrogens (primary N) is 1. The van der Waals surface area contributed by atoms with Crippen molar-refractivity contribution in [3.8, 4) is 0 Å². The van der Waals surface area contributed by atoms with E-state index < -0.39 is 5.60 Å².